The molecule has 3 heterocycles. The van der Waals surface area contributed by atoms with Crippen LogP contribution < -0.4 is 10.1 Å². The largest absolute Gasteiger partial charge is 0.438 e. The number of thioether (sulfide) groups is 1. The molecule has 33 heavy (non-hydrogen) atoms. The fourth-order valence-electron chi connectivity index (χ4n) is 3.59. The number of rotatable bonds is 6. The van der Waals surface area contributed by atoms with E-state index in [2.05, 4.69) is 15.3 Å². The molecule has 0 saturated carbocycles. The Morgan fingerprint density at radius 3 is 2.67 bits per heavy atom. The van der Waals surface area contributed by atoms with Crippen LogP contribution in [0, 0.1) is 5.82 Å². The van der Waals surface area contributed by atoms with Gasteiger partial charge in [0.05, 0.1) is 6.20 Å². The molecular formula is C24H23FN4O3S. The molecule has 0 spiro atoms. The summed E-state index contributed by atoms with van der Waals surface area (Å²) >= 11 is 1.56. The zero-order chi connectivity index (χ0) is 23.2. The Hall–Kier alpha value is -3.46. The molecule has 170 valence electrons. The summed E-state index contributed by atoms with van der Waals surface area (Å²) in [5.74, 6) is -0.669. The minimum absolute atomic E-state index is 0.0246. The van der Waals surface area contributed by atoms with Gasteiger partial charge < -0.3 is 15.0 Å². The van der Waals surface area contributed by atoms with Crippen molar-refractivity contribution in [2.24, 2.45) is 0 Å². The highest BCUT2D eigenvalue weighted by Gasteiger charge is 2.26. The predicted molar refractivity (Wildman–Crippen MR) is 123 cm³/mol. The van der Waals surface area contributed by atoms with Gasteiger partial charge in [0.2, 0.25) is 5.88 Å². The zero-order valence-electron chi connectivity index (χ0n) is 18.0. The fraction of sp³-hybridized carbons (Fsp3) is 0.250. The van der Waals surface area contributed by atoms with E-state index in [4.69, 9.17) is 4.74 Å². The lowest BCUT2D eigenvalue weighted by Crippen LogP contribution is -2.46. The van der Waals surface area contributed by atoms with Crippen molar-refractivity contribution in [3.05, 3.63) is 78.0 Å². The van der Waals surface area contributed by atoms with Crippen molar-refractivity contribution < 1.29 is 18.7 Å². The number of hydrogen-bond acceptors (Lipinski definition) is 6. The topological polar surface area (TPSA) is 84.4 Å². The number of carbonyl (C=O) groups excluding carboxylic acids is 2. The number of nitrogens with zero attached hydrogens (tertiary/aromatic N) is 3. The number of benzene rings is 1. The second kappa shape index (κ2) is 10.4. The Morgan fingerprint density at radius 2 is 1.94 bits per heavy atom. The van der Waals surface area contributed by atoms with E-state index < -0.39 is 11.7 Å². The Labute approximate surface area is 195 Å². The quantitative estimate of drug-likeness (QED) is 0.549. The van der Waals surface area contributed by atoms with Crippen LogP contribution in [0.4, 0.5) is 4.39 Å². The number of amides is 2. The number of ether oxygens (including phenoxy) is 1. The molecule has 1 saturated heterocycles. The minimum Gasteiger partial charge on any atom is -0.438 e. The number of carbonyl (C=O) groups is 2. The molecule has 0 bridgehead atoms. The molecular weight excluding hydrogens is 443 g/mol. The molecule has 1 fully saturated rings. The molecule has 9 heteroatoms. The summed E-state index contributed by atoms with van der Waals surface area (Å²) in [6.45, 7) is 0.985. The summed E-state index contributed by atoms with van der Waals surface area (Å²) in [5.41, 5.74) is 0.426. The van der Waals surface area contributed by atoms with Gasteiger partial charge in [-0.3, -0.25) is 14.6 Å². The lowest BCUT2D eigenvalue weighted by Gasteiger charge is -2.32. The second-order valence-electron chi connectivity index (χ2n) is 7.54. The predicted octanol–water partition coefficient (Wildman–Crippen LogP) is 4.16. The highest BCUT2D eigenvalue weighted by atomic mass is 32.2. The maximum Gasteiger partial charge on any atom is 0.272 e. The minimum atomic E-state index is -0.624. The molecule has 2 aromatic heterocycles. The summed E-state index contributed by atoms with van der Waals surface area (Å²) in [6, 6.07) is 13.5. The Balaban J connectivity index is 1.40. The SMILES string of the molecule is CSc1cccc(Oc2ncc(F)cc2C(=O)NC2CCN(C(=O)c3ccccn3)CC2)c1. The molecule has 2 amide bonds. The van der Waals surface area contributed by atoms with E-state index in [0.29, 0.717) is 37.4 Å². The lowest BCUT2D eigenvalue weighted by molar-refractivity contribution is 0.0692. The van der Waals surface area contributed by atoms with Gasteiger partial charge in [-0.25, -0.2) is 9.37 Å². The molecule has 7 nitrogen and oxygen atoms in total. The molecule has 0 atom stereocenters. The van der Waals surface area contributed by atoms with E-state index in [0.717, 1.165) is 17.2 Å². The summed E-state index contributed by atoms with van der Waals surface area (Å²) in [4.78, 5) is 36.3. The first-order chi connectivity index (χ1) is 16.0. The van der Waals surface area contributed by atoms with Gasteiger partial charge in [0.25, 0.3) is 11.8 Å². The average molecular weight is 467 g/mol. The highest BCUT2D eigenvalue weighted by Crippen LogP contribution is 2.27. The van der Waals surface area contributed by atoms with Crippen LogP contribution in [0.5, 0.6) is 11.6 Å². The number of aromatic nitrogens is 2. The van der Waals surface area contributed by atoms with Crippen LogP contribution in [0.15, 0.2) is 65.8 Å². The van der Waals surface area contributed by atoms with Gasteiger partial charge in [0.15, 0.2) is 0 Å². The molecule has 1 aliphatic heterocycles. The maximum absolute atomic E-state index is 13.9. The summed E-state index contributed by atoms with van der Waals surface area (Å²) in [5, 5.41) is 2.93. The van der Waals surface area contributed by atoms with E-state index in [1.54, 1.807) is 47.1 Å². The third kappa shape index (κ3) is 5.67. The van der Waals surface area contributed by atoms with Crippen LogP contribution in [0.3, 0.4) is 0 Å². The van der Waals surface area contributed by atoms with Crippen molar-refractivity contribution >= 4 is 23.6 Å². The lowest BCUT2D eigenvalue weighted by atomic mass is 10.0. The normalized spacial score (nSPS) is 14.1. The molecule has 1 aromatic carbocycles. The van der Waals surface area contributed by atoms with Crippen molar-refractivity contribution in [2.75, 3.05) is 19.3 Å². The summed E-state index contributed by atoms with van der Waals surface area (Å²) in [6.07, 6.45) is 5.72. The highest BCUT2D eigenvalue weighted by molar-refractivity contribution is 7.98. The monoisotopic (exact) mass is 466 g/mol. The number of hydrogen-bond donors (Lipinski definition) is 1. The maximum atomic E-state index is 13.9. The Morgan fingerprint density at radius 1 is 1.12 bits per heavy atom. The van der Waals surface area contributed by atoms with Gasteiger partial charge in [-0.15, -0.1) is 11.8 Å². The molecule has 1 N–H and O–H groups in total. The summed E-state index contributed by atoms with van der Waals surface area (Å²) < 4.78 is 19.7. The molecule has 0 aliphatic carbocycles. The van der Waals surface area contributed by atoms with Crippen LogP contribution in [-0.2, 0) is 0 Å². The first-order valence-electron chi connectivity index (χ1n) is 10.5. The van der Waals surface area contributed by atoms with Crippen molar-refractivity contribution in [3.63, 3.8) is 0 Å². The number of pyridine rings is 2. The first kappa shape index (κ1) is 22.7. The molecule has 1 aliphatic rings. The van der Waals surface area contributed by atoms with E-state index in [1.807, 2.05) is 24.5 Å². The van der Waals surface area contributed by atoms with Gasteiger partial charge in [0.1, 0.15) is 22.8 Å². The van der Waals surface area contributed by atoms with E-state index in [1.165, 1.54) is 0 Å². The van der Waals surface area contributed by atoms with Crippen molar-refractivity contribution in [1.82, 2.24) is 20.2 Å². The first-order valence-corrected chi connectivity index (χ1v) is 11.7. The second-order valence-corrected chi connectivity index (χ2v) is 8.42. The molecule has 4 rings (SSSR count). The number of halogens is 1. The number of likely N-dealkylation sites (tertiary alicyclic amines) is 1. The van der Waals surface area contributed by atoms with Gasteiger partial charge in [-0.05, 0) is 55.5 Å². The van der Waals surface area contributed by atoms with E-state index >= 15 is 0 Å². The van der Waals surface area contributed by atoms with E-state index in [9.17, 15) is 14.0 Å². The van der Waals surface area contributed by atoms with E-state index in [-0.39, 0.29) is 23.4 Å². The van der Waals surface area contributed by atoms with Gasteiger partial charge in [-0.2, -0.15) is 0 Å². The zero-order valence-corrected chi connectivity index (χ0v) is 18.8. The van der Waals surface area contributed by atoms with Crippen LogP contribution in [0.1, 0.15) is 33.7 Å². The van der Waals surface area contributed by atoms with Gasteiger partial charge in [-0.1, -0.05) is 12.1 Å². The number of piperidine rings is 1. The smallest absolute Gasteiger partial charge is 0.272 e. The average Bonchev–Trinajstić information content (AvgIpc) is 2.85. The van der Waals surface area contributed by atoms with Crippen LogP contribution in [-0.4, -0.2) is 52.1 Å². The molecule has 0 radical (unpaired) electrons. The Bertz CT molecular complexity index is 1140. The van der Waals surface area contributed by atoms with Crippen LogP contribution in [0.25, 0.3) is 0 Å². The van der Waals surface area contributed by atoms with Crippen LogP contribution in [0.2, 0.25) is 0 Å². The molecule has 0 unspecified atom stereocenters. The van der Waals surface area contributed by atoms with Crippen molar-refractivity contribution in [3.8, 4) is 11.6 Å². The third-order valence-electron chi connectivity index (χ3n) is 5.32. The third-order valence-corrected chi connectivity index (χ3v) is 6.04. The van der Waals surface area contributed by atoms with Gasteiger partial charge in [0, 0.05) is 30.2 Å². The Kier molecular flexibility index (Phi) is 7.19. The fourth-order valence-corrected chi connectivity index (χ4v) is 4.04. The van der Waals surface area contributed by atoms with Crippen molar-refractivity contribution in [1.29, 1.82) is 0 Å². The number of nitrogens with one attached hydrogen (secondary N) is 1. The summed E-state index contributed by atoms with van der Waals surface area (Å²) in [7, 11) is 0. The molecule has 3 aromatic rings. The van der Waals surface area contributed by atoms with Crippen molar-refractivity contribution in [2.45, 2.75) is 23.8 Å². The standard InChI is InChI=1S/C24H23FN4O3S/c1-33-19-6-4-5-18(14-19)32-23-20(13-16(25)15-27-23)22(30)28-17-8-11-29(12-9-17)24(31)21-7-2-3-10-26-21/h2-7,10,13-15,17H,8-9,11-12H2,1H3,(H,28,30). The van der Waals surface area contributed by atoms with Gasteiger partial charge >= 0.3 is 0 Å². The van der Waals surface area contributed by atoms with Crippen LogP contribution >= 0.6 is 11.8 Å².